The number of rotatable bonds is 0. The van der Waals surface area contributed by atoms with Crippen LogP contribution in [0.25, 0.3) is 0 Å². The topological polar surface area (TPSA) is 52.6 Å². The summed E-state index contributed by atoms with van der Waals surface area (Å²) in [6.07, 6.45) is 6.48. The van der Waals surface area contributed by atoms with Crippen LogP contribution in [0.1, 0.15) is 60.3 Å². The molecule has 0 spiro atoms. The predicted molar refractivity (Wildman–Crippen MR) is 93.6 cm³/mol. The van der Waals surface area contributed by atoms with Crippen LogP contribution in [0.3, 0.4) is 0 Å². The van der Waals surface area contributed by atoms with Crippen LogP contribution < -0.4 is 0 Å². The van der Waals surface area contributed by atoms with Gasteiger partial charge in [-0.05, 0) is 50.5 Å². The Hall–Kier alpha value is -1.58. The molecule has 1 fully saturated rings. The summed E-state index contributed by atoms with van der Waals surface area (Å²) in [5, 5.41) is 0. The molecule has 4 aliphatic rings. The molecule has 0 unspecified atom stereocenters. The van der Waals surface area contributed by atoms with Gasteiger partial charge in [0.05, 0.1) is 5.57 Å². The van der Waals surface area contributed by atoms with Gasteiger partial charge in [-0.1, -0.05) is 26.8 Å². The van der Waals surface area contributed by atoms with Crippen LogP contribution in [0.5, 0.6) is 0 Å². The van der Waals surface area contributed by atoms with E-state index in [1.54, 1.807) is 6.08 Å². The largest absolute Gasteiger partial charge is 0.462 e. The molecule has 0 amide bonds. The summed E-state index contributed by atoms with van der Waals surface area (Å²) in [6.45, 7) is 10.5. The fourth-order valence-electron chi connectivity index (χ4n) is 5.90. The highest BCUT2D eigenvalue weighted by molar-refractivity contribution is 5.98. The number of hydrogen-bond donors (Lipinski definition) is 0. The summed E-state index contributed by atoms with van der Waals surface area (Å²) in [5.74, 6) is 0.968. The molecule has 4 nitrogen and oxygen atoms in total. The Morgan fingerprint density at radius 2 is 1.80 bits per heavy atom. The third kappa shape index (κ3) is 2.18. The lowest BCUT2D eigenvalue weighted by atomic mass is 9.45. The molecule has 2 aliphatic carbocycles. The molecule has 136 valence electrons. The van der Waals surface area contributed by atoms with Gasteiger partial charge < -0.3 is 9.47 Å². The van der Waals surface area contributed by atoms with Gasteiger partial charge in [-0.15, -0.1) is 0 Å². The number of Topliss-reactive ketones (excluding diaryl/α,β-unsaturated/α-hetero) is 1. The zero-order valence-electron chi connectivity index (χ0n) is 15.8. The molecule has 0 bridgehead atoms. The highest BCUT2D eigenvalue weighted by Crippen LogP contribution is 2.62. The number of fused-ring (bicyclic) bond motifs is 3. The van der Waals surface area contributed by atoms with Gasteiger partial charge >= 0.3 is 0 Å². The lowest BCUT2D eigenvalue weighted by Gasteiger charge is -2.60. The highest BCUT2D eigenvalue weighted by atomic mass is 16.7. The number of carbonyl (C=O) groups excluding carboxylic acids is 2. The molecule has 0 aromatic carbocycles. The molecule has 2 heterocycles. The van der Waals surface area contributed by atoms with Gasteiger partial charge in [-0.3, -0.25) is 9.59 Å². The highest BCUT2D eigenvalue weighted by Gasteiger charge is 2.64. The van der Waals surface area contributed by atoms with Gasteiger partial charge in [0.2, 0.25) is 0 Å². The second kappa shape index (κ2) is 4.99. The first kappa shape index (κ1) is 16.9. The van der Waals surface area contributed by atoms with Crippen LogP contribution in [-0.2, 0) is 19.1 Å². The Labute approximate surface area is 149 Å². The van der Waals surface area contributed by atoms with Crippen LogP contribution in [0.15, 0.2) is 23.7 Å². The molecule has 0 aromatic heterocycles. The minimum Gasteiger partial charge on any atom is -0.462 e. The van der Waals surface area contributed by atoms with Gasteiger partial charge in [0, 0.05) is 17.8 Å². The maximum Gasteiger partial charge on any atom is 0.286 e. The quantitative estimate of drug-likeness (QED) is 0.667. The summed E-state index contributed by atoms with van der Waals surface area (Å²) in [4.78, 5) is 25.6. The molecular formula is C21H28O4. The average molecular weight is 344 g/mol. The number of allylic oxidation sites excluding steroid dienone is 3. The van der Waals surface area contributed by atoms with Crippen molar-refractivity contribution < 1.29 is 19.1 Å². The van der Waals surface area contributed by atoms with E-state index in [9.17, 15) is 9.59 Å². The van der Waals surface area contributed by atoms with E-state index in [2.05, 4.69) is 33.8 Å². The average Bonchev–Trinajstić information content (AvgIpc) is 2.49. The number of ketones is 2. The lowest BCUT2D eigenvalue weighted by Crippen LogP contribution is -2.62. The smallest absolute Gasteiger partial charge is 0.286 e. The molecule has 2 aliphatic heterocycles. The van der Waals surface area contributed by atoms with E-state index in [1.807, 2.05) is 6.92 Å². The van der Waals surface area contributed by atoms with E-state index in [1.165, 1.54) is 0 Å². The summed E-state index contributed by atoms with van der Waals surface area (Å²) in [7, 11) is 0. The monoisotopic (exact) mass is 344 g/mol. The fraction of sp³-hybridized carbons (Fsp3) is 0.714. The zero-order chi connectivity index (χ0) is 18.2. The lowest BCUT2D eigenvalue weighted by molar-refractivity contribution is -0.201. The van der Waals surface area contributed by atoms with E-state index < -0.39 is 11.0 Å². The van der Waals surface area contributed by atoms with E-state index in [0.29, 0.717) is 24.4 Å². The molecule has 25 heavy (non-hydrogen) atoms. The normalized spacial score (nSPS) is 45.1. The van der Waals surface area contributed by atoms with Crippen molar-refractivity contribution in [1.82, 2.24) is 0 Å². The van der Waals surface area contributed by atoms with Gasteiger partial charge in [-0.2, -0.15) is 0 Å². The second-order valence-corrected chi connectivity index (χ2v) is 9.39. The molecule has 0 saturated heterocycles. The molecule has 0 N–H and O–H groups in total. The first-order valence-electron chi connectivity index (χ1n) is 9.43. The first-order chi connectivity index (χ1) is 11.6. The molecule has 0 radical (unpaired) electrons. The van der Waals surface area contributed by atoms with E-state index in [-0.39, 0.29) is 34.9 Å². The Morgan fingerprint density at radius 1 is 1.08 bits per heavy atom. The Kier molecular flexibility index (Phi) is 3.36. The van der Waals surface area contributed by atoms with Crippen molar-refractivity contribution in [3.05, 3.63) is 23.7 Å². The standard InChI is InChI=1S/C21H28O4/c1-12-10-14(22)13-11-16-20(4,25-18(13)24-12)9-6-15-19(2,3)8-7-17(23)21(15,16)5/h7-8,12,15-16H,6,9-11H2,1-5H3/t12-,15-,16+,20-,21-/m1/s1. The van der Waals surface area contributed by atoms with Crippen molar-refractivity contribution >= 4 is 11.6 Å². The summed E-state index contributed by atoms with van der Waals surface area (Å²) >= 11 is 0. The van der Waals surface area contributed by atoms with Crippen molar-refractivity contribution in [2.24, 2.45) is 22.7 Å². The third-order valence-corrected chi connectivity index (χ3v) is 7.31. The minimum absolute atomic E-state index is 0.00446. The van der Waals surface area contributed by atoms with Gasteiger partial charge in [0.25, 0.3) is 5.95 Å². The molecule has 4 heteroatoms. The molecule has 5 atom stereocenters. The van der Waals surface area contributed by atoms with Crippen molar-refractivity contribution in [3.63, 3.8) is 0 Å². The molecule has 0 aromatic rings. The maximum absolute atomic E-state index is 13.1. The number of hydrogen-bond acceptors (Lipinski definition) is 4. The molecule has 4 rings (SSSR count). The van der Waals surface area contributed by atoms with Crippen molar-refractivity contribution in [3.8, 4) is 0 Å². The van der Waals surface area contributed by atoms with Crippen LogP contribution in [0, 0.1) is 22.7 Å². The van der Waals surface area contributed by atoms with Crippen LogP contribution in [0.2, 0.25) is 0 Å². The zero-order valence-corrected chi connectivity index (χ0v) is 15.8. The molecule has 1 saturated carbocycles. The summed E-state index contributed by atoms with van der Waals surface area (Å²) in [5.41, 5.74) is -0.339. The number of ether oxygens (including phenoxy) is 2. The Bertz CT molecular complexity index is 715. The van der Waals surface area contributed by atoms with Gasteiger partial charge in [-0.25, -0.2) is 0 Å². The maximum atomic E-state index is 13.1. The first-order valence-corrected chi connectivity index (χ1v) is 9.43. The van der Waals surface area contributed by atoms with Crippen molar-refractivity contribution in [1.29, 1.82) is 0 Å². The van der Waals surface area contributed by atoms with Crippen molar-refractivity contribution in [2.75, 3.05) is 0 Å². The van der Waals surface area contributed by atoms with Crippen LogP contribution in [-0.4, -0.2) is 23.3 Å². The van der Waals surface area contributed by atoms with Crippen molar-refractivity contribution in [2.45, 2.75) is 72.0 Å². The Morgan fingerprint density at radius 3 is 2.52 bits per heavy atom. The van der Waals surface area contributed by atoms with Gasteiger partial charge in [0.1, 0.15) is 11.7 Å². The van der Waals surface area contributed by atoms with Crippen LogP contribution in [0.4, 0.5) is 0 Å². The van der Waals surface area contributed by atoms with Crippen LogP contribution >= 0.6 is 0 Å². The Balaban J connectivity index is 1.81. The summed E-state index contributed by atoms with van der Waals surface area (Å²) < 4.78 is 12.2. The van der Waals surface area contributed by atoms with E-state index >= 15 is 0 Å². The van der Waals surface area contributed by atoms with Gasteiger partial charge in [0.15, 0.2) is 11.6 Å². The molecular weight excluding hydrogens is 316 g/mol. The minimum atomic E-state index is -0.507. The fourth-order valence-corrected chi connectivity index (χ4v) is 5.90. The summed E-state index contributed by atoms with van der Waals surface area (Å²) in [6, 6.07) is 0. The SMILES string of the molecule is C[C@@H]1CC(=O)C2=C(O1)O[C@]1(C)CC[C@@H]3C(C)(C)C=CC(=O)[C@@]3(C)[C@H]1C2. The third-order valence-electron chi connectivity index (χ3n) is 7.31. The van der Waals surface area contributed by atoms with E-state index in [0.717, 1.165) is 12.8 Å². The second-order valence-electron chi connectivity index (χ2n) is 9.39. The number of carbonyl (C=O) groups is 2. The van der Waals surface area contributed by atoms with E-state index in [4.69, 9.17) is 9.47 Å². The predicted octanol–water partition coefficient (Wildman–Crippen LogP) is 3.95.